The summed E-state index contributed by atoms with van der Waals surface area (Å²) in [5.41, 5.74) is -0.463. The molecule has 0 bridgehead atoms. The van der Waals surface area contributed by atoms with Gasteiger partial charge in [-0.15, -0.1) is 0 Å². The number of carbonyl (C=O) groups is 1. The number of ether oxygens (including phenoxy) is 1. The lowest BCUT2D eigenvalue weighted by Crippen LogP contribution is -2.21. The molecule has 1 atom stereocenters. The standard InChI is InChI=1S/C12H13BrF3NO2/c1-7(11(18)19-2)6-17-10-5-8(12(14,15)16)3-4-9(10)13/h3-5,7,17H,6H2,1-2H3. The number of hydrogen-bond donors (Lipinski definition) is 1. The molecular formula is C12H13BrF3NO2. The zero-order chi connectivity index (χ0) is 14.6. The van der Waals surface area contributed by atoms with Gasteiger partial charge in [0.25, 0.3) is 0 Å². The van der Waals surface area contributed by atoms with Crippen LogP contribution in [-0.4, -0.2) is 19.6 Å². The van der Waals surface area contributed by atoms with Crippen LogP contribution < -0.4 is 5.32 Å². The van der Waals surface area contributed by atoms with Crippen molar-refractivity contribution in [1.82, 2.24) is 0 Å². The molecule has 0 heterocycles. The van der Waals surface area contributed by atoms with E-state index in [1.165, 1.54) is 13.2 Å². The number of benzene rings is 1. The lowest BCUT2D eigenvalue weighted by atomic mass is 10.1. The van der Waals surface area contributed by atoms with E-state index in [0.29, 0.717) is 4.47 Å². The summed E-state index contributed by atoms with van der Waals surface area (Å²) in [5, 5.41) is 2.79. The van der Waals surface area contributed by atoms with E-state index in [1.54, 1.807) is 6.92 Å². The van der Waals surface area contributed by atoms with Crippen LogP contribution in [0.5, 0.6) is 0 Å². The van der Waals surface area contributed by atoms with Crippen LogP contribution in [0.4, 0.5) is 18.9 Å². The number of halogens is 4. The molecule has 0 radical (unpaired) electrons. The van der Waals surface area contributed by atoms with Crippen molar-refractivity contribution < 1.29 is 22.7 Å². The zero-order valence-corrected chi connectivity index (χ0v) is 11.9. The Labute approximate surface area is 117 Å². The van der Waals surface area contributed by atoms with Crippen LogP contribution in [0, 0.1) is 5.92 Å². The summed E-state index contributed by atoms with van der Waals surface area (Å²) < 4.78 is 42.7. The van der Waals surface area contributed by atoms with Gasteiger partial charge in [-0.05, 0) is 34.1 Å². The normalized spacial score (nSPS) is 12.9. The highest BCUT2D eigenvalue weighted by molar-refractivity contribution is 9.10. The van der Waals surface area contributed by atoms with E-state index < -0.39 is 23.6 Å². The van der Waals surface area contributed by atoms with Gasteiger partial charge in [0.15, 0.2) is 0 Å². The summed E-state index contributed by atoms with van der Waals surface area (Å²) in [6.07, 6.45) is -4.40. The predicted octanol–water partition coefficient (Wildman–Crippen LogP) is 3.69. The molecule has 0 aromatic heterocycles. The second kappa shape index (κ2) is 6.27. The van der Waals surface area contributed by atoms with Crippen molar-refractivity contribution in [2.75, 3.05) is 19.0 Å². The molecule has 3 nitrogen and oxygen atoms in total. The van der Waals surface area contributed by atoms with E-state index in [0.717, 1.165) is 12.1 Å². The first-order chi connectivity index (χ1) is 8.75. The van der Waals surface area contributed by atoms with E-state index in [2.05, 4.69) is 26.0 Å². The number of carbonyl (C=O) groups excluding carboxylic acids is 1. The van der Waals surface area contributed by atoms with Crippen LogP contribution in [0.1, 0.15) is 12.5 Å². The summed E-state index contributed by atoms with van der Waals surface area (Å²) in [5.74, 6) is -0.873. The van der Waals surface area contributed by atoms with Crippen LogP contribution >= 0.6 is 15.9 Å². The zero-order valence-electron chi connectivity index (χ0n) is 10.3. The smallest absolute Gasteiger partial charge is 0.416 e. The van der Waals surface area contributed by atoms with Crippen molar-refractivity contribution in [1.29, 1.82) is 0 Å². The highest BCUT2D eigenvalue weighted by atomic mass is 79.9. The Hall–Kier alpha value is -1.24. The molecule has 7 heteroatoms. The molecule has 0 fully saturated rings. The third-order valence-electron chi connectivity index (χ3n) is 2.50. The molecule has 19 heavy (non-hydrogen) atoms. The summed E-state index contributed by atoms with van der Waals surface area (Å²) >= 11 is 3.16. The van der Waals surface area contributed by atoms with Gasteiger partial charge >= 0.3 is 12.1 Å². The van der Waals surface area contributed by atoms with Crippen molar-refractivity contribution in [3.8, 4) is 0 Å². The second-order valence-corrected chi connectivity index (χ2v) is 4.85. The molecule has 0 aliphatic carbocycles. The number of anilines is 1. The highest BCUT2D eigenvalue weighted by Crippen LogP contribution is 2.33. The highest BCUT2D eigenvalue weighted by Gasteiger charge is 2.31. The Bertz CT molecular complexity index is 463. The van der Waals surface area contributed by atoms with Gasteiger partial charge in [0.2, 0.25) is 0 Å². The fourth-order valence-electron chi connectivity index (χ4n) is 1.38. The maximum absolute atomic E-state index is 12.6. The minimum atomic E-state index is -4.40. The molecule has 0 amide bonds. The lowest BCUT2D eigenvalue weighted by Gasteiger charge is -2.15. The van der Waals surface area contributed by atoms with E-state index in [1.807, 2.05) is 0 Å². The molecule has 106 valence electrons. The van der Waals surface area contributed by atoms with Gasteiger partial charge in [0, 0.05) is 16.7 Å². The molecule has 0 spiro atoms. The van der Waals surface area contributed by atoms with Crippen LogP contribution in [0.25, 0.3) is 0 Å². The van der Waals surface area contributed by atoms with Crippen molar-refractivity contribution in [2.45, 2.75) is 13.1 Å². The summed E-state index contributed by atoms with van der Waals surface area (Å²) in [4.78, 5) is 11.2. The Morgan fingerprint density at radius 2 is 2.11 bits per heavy atom. The predicted molar refractivity (Wildman–Crippen MR) is 68.8 cm³/mol. The lowest BCUT2D eigenvalue weighted by molar-refractivity contribution is -0.144. The molecule has 0 saturated carbocycles. The Kier molecular flexibility index (Phi) is 5.22. The third kappa shape index (κ3) is 4.41. The topological polar surface area (TPSA) is 38.3 Å². The van der Waals surface area contributed by atoms with Gasteiger partial charge in [-0.2, -0.15) is 13.2 Å². The van der Waals surface area contributed by atoms with E-state index in [9.17, 15) is 18.0 Å². The Morgan fingerprint density at radius 3 is 2.63 bits per heavy atom. The van der Waals surface area contributed by atoms with Crippen LogP contribution in [0.3, 0.4) is 0 Å². The van der Waals surface area contributed by atoms with Gasteiger partial charge in [0.1, 0.15) is 0 Å². The van der Waals surface area contributed by atoms with Gasteiger partial charge in [-0.25, -0.2) is 0 Å². The first-order valence-electron chi connectivity index (χ1n) is 5.44. The van der Waals surface area contributed by atoms with Crippen molar-refractivity contribution in [3.05, 3.63) is 28.2 Å². The molecule has 0 saturated heterocycles. The number of esters is 1. The average Bonchev–Trinajstić information content (AvgIpc) is 2.35. The van der Waals surface area contributed by atoms with E-state index >= 15 is 0 Å². The molecule has 1 aromatic rings. The fraction of sp³-hybridized carbons (Fsp3) is 0.417. The number of rotatable bonds is 4. The van der Waals surface area contributed by atoms with Gasteiger partial charge in [0.05, 0.1) is 18.6 Å². The summed E-state index contributed by atoms with van der Waals surface area (Å²) in [6, 6.07) is 3.29. The maximum Gasteiger partial charge on any atom is 0.416 e. The summed E-state index contributed by atoms with van der Waals surface area (Å²) in [6.45, 7) is 1.81. The molecular weight excluding hydrogens is 327 g/mol. The first-order valence-corrected chi connectivity index (χ1v) is 6.23. The number of hydrogen-bond acceptors (Lipinski definition) is 3. The van der Waals surface area contributed by atoms with E-state index in [4.69, 9.17) is 0 Å². The summed E-state index contributed by atoms with van der Waals surface area (Å²) in [7, 11) is 1.26. The third-order valence-corrected chi connectivity index (χ3v) is 3.19. The van der Waals surface area contributed by atoms with Gasteiger partial charge in [-0.3, -0.25) is 4.79 Å². The monoisotopic (exact) mass is 339 g/mol. The maximum atomic E-state index is 12.6. The molecule has 0 aliphatic heterocycles. The Morgan fingerprint density at radius 1 is 1.47 bits per heavy atom. The van der Waals surface area contributed by atoms with Crippen molar-refractivity contribution >= 4 is 27.6 Å². The van der Waals surface area contributed by atoms with Gasteiger partial charge in [-0.1, -0.05) is 6.92 Å². The first kappa shape index (κ1) is 15.8. The fourth-order valence-corrected chi connectivity index (χ4v) is 1.77. The SMILES string of the molecule is COC(=O)C(C)CNc1cc(C(F)(F)F)ccc1Br. The number of alkyl halides is 3. The molecule has 1 rings (SSSR count). The molecule has 1 unspecified atom stereocenters. The Balaban J connectivity index is 2.81. The molecule has 1 aromatic carbocycles. The van der Waals surface area contributed by atoms with Crippen molar-refractivity contribution in [2.24, 2.45) is 5.92 Å². The second-order valence-electron chi connectivity index (χ2n) is 4.00. The van der Waals surface area contributed by atoms with Gasteiger partial charge < -0.3 is 10.1 Å². The average molecular weight is 340 g/mol. The molecule has 1 N–H and O–H groups in total. The minimum absolute atomic E-state index is 0.187. The van der Waals surface area contributed by atoms with E-state index in [-0.39, 0.29) is 12.2 Å². The van der Waals surface area contributed by atoms with Crippen LogP contribution in [0.15, 0.2) is 22.7 Å². The van der Waals surface area contributed by atoms with Crippen LogP contribution in [0.2, 0.25) is 0 Å². The number of nitrogens with one attached hydrogen (secondary N) is 1. The largest absolute Gasteiger partial charge is 0.469 e. The quantitative estimate of drug-likeness (QED) is 0.850. The molecule has 0 aliphatic rings. The van der Waals surface area contributed by atoms with Crippen LogP contribution in [-0.2, 0) is 15.7 Å². The van der Waals surface area contributed by atoms with Crippen molar-refractivity contribution in [3.63, 3.8) is 0 Å². The number of methoxy groups -OCH3 is 1. The minimum Gasteiger partial charge on any atom is -0.469 e.